The summed E-state index contributed by atoms with van der Waals surface area (Å²) in [5.41, 5.74) is 4.39. The Bertz CT molecular complexity index is 1230. The van der Waals surface area contributed by atoms with E-state index in [1.165, 1.54) is 0 Å². The molecule has 1 N–H and O–H groups in total. The minimum atomic E-state index is 0.00345. The average molecular weight is 439 g/mol. The predicted molar refractivity (Wildman–Crippen MR) is 129 cm³/mol. The average Bonchev–Trinajstić information content (AvgIpc) is 3.28. The maximum atomic E-state index is 13.6. The highest BCUT2D eigenvalue weighted by molar-refractivity contribution is 6.00. The van der Waals surface area contributed by atoms with Gasteiger partial charge in [0, 0.05) is 49.7 Å². The predicted octanol–water partition coefficient (Wildman–Crippen LogP) is 4.27. The van der Waals surface area contributed by atoms with Gasteiger partial charge in [-0.1, -0.05) is 66.7 Å². The third-order valence-corrected chi connectivity index (χ3v) is 5.99. The number of carbonyl (C=O) groups excluding carboxylic acids is 1. The number of phenolic OH excluding ortho intramolecular Hbond substituents is 1. The topological polar surface area (TPSA) is 61.6 Å². The van der Waals surface area contributed by atoms with Crippen LogP contribution in [0.5, 0.6) is 5.75 Å². The van der Waals surface area contributed by atoms with E-state index in [4.69, 9.17) is 5.10 Å². The van der Waals surface area contributed by atoms with E-state index in [0.29, 0.717) is 44.0 Å². The van der Waals surface area contributed by atoms with Crippen molar-refractivity contribution in [3.05, 3.63) is 102 Å². The fourth-order valence-electron chi connectivity index (χ4n) is 4.27. The van der Waals surface area contributed by atoms with E-state index in [1.807, 2.05) is 76.4 Å². The Morgan fingerprint density at radius 2 is 1.55 bits per heavy atom. The third kappa shape index (κ3) is 4.60. The summed E-state index contributed by atoms with van der Waals surface area (Å²) in [5, 5.41) is 14.6. The Kier molecular flexibility index (Phi) is 5.81. The molecule has 3 aromatic carbocycles. The molecule has 6 nitrogen and oxygen atoms in total. The van der Waals surface area contributed by atoms with Crippen LogP contribution in [0.2, 0.25) is 0 Å². The molecule has 0 spiro atoms. The molecule has 1 aliphatic rings. The fourth-order valence-corrected chi connectivity index (χ4v) is 4.27. The van der Waals surface area contributed by atoms with Crippen molar-refractivity contribution in [3.8, 4) is 17.0 Å². The van der Waals surface area contributed by atoms with Crippen LogP contribution in [0.1, 0.15) is 15.9 Å². The molecule has 1 aliphatic heterocycles. The number of hydrogen-bond acceptors (Lipinski definition) is 4. The number of anilines is 1. The fraction of sp³-hybridized carbons (Fsp3) is 0.185. The van der Waals surface area contributed by atoms with Gasteiger partial charge in [-0.05, 0) is 17.7 Å². The zero-order valence-corrected chi connectivity index (χ0v) is 18.3. The van der Waals surface area contributed by atoms with Crippen LogP contribution in [-0.4, -0.2) is 51.9 Å². The number of carbonyl (C=O) groups is 1. The normalized spacial score (nSPS) is 13.8. The summed E-state index contributed by atoms with van der Waals surface area (Å²) in [6.07, 6.45) is 1.87. The van der Waals surface area contributed by atoms with Crippen LogP contribution in [0.4, 0.5) is 5.69 Å². The van der Waals surface area contributed by atoms with Gasteiger partial charge in [0.15, 0.2) is 0 Å². The van der Waals surface area contributed by atoms with Crippen molar-refractivity contribution >= 4 is 11.6 Å². The van der Waals surface area contributed by atoms with E-state index in [0.717, 1.165) is 16.8 Å². The van der Waals surface area contributed by atoms with Crippen LogP contribution in [-0.2, 0) is 6.54 Å². The van der Waals surface area contributed by atoms with E-state index in [-0.39, 0.29) is 11.7 Å². The molecule has 1 fully saturated rings. The van der Waals surface area contributed by atoms with Gasteiger partial charge in [0.25, 0.3) is 5.91 Å². The van der Waals surface area contributed by atoms with Crippen molar-refractivity contribution in [3.63, 3.8) is 0 Å². The van der Waals surface area contributed by atoms with Crippen molar-refractivity contribution < 1.29 is 9.90 Å². The first-order valence-electron chi connectivity index (χ1n) is 11.2. The van der Waals surface area contributed by atoms with E-state index >= 15 is 0 Å². The van der Waals surface area contributed by atoms with Crippen LogP contribution >= 0.6 is 0 Å². The first-order valence-corrected chi connectivity index (χ1v) is 11.2. The molecule has 0 bridgehead atoms. The lowest BCUT2D eigenvalue weighted by Crippen LogP contribution is -2.48. The number of piperazine rings is 1. The van der Waals surface area contributed by atoms with Gasteiger partial charge in [0.05, 0.1) is 12.1 Å². The molecule has 33 heavy (non-hydrogen) atoms. The van der Waals surface area contributed by atoms with Gasteiger partial charge in [0.2, 0.25) is 0 Å². The quantitative estimate of drug-likeness (QED) is 0.506. The molecule has 0 unspecified atom stereocenters. The van der Waals surface area contributed by atoms with Gasteiger partial charge in [-0.3, -0.25) is 9.48 Å². The van der Waals surface area contributed by atoms with Gasteiger partial charge < -0.3 is 14.9 Å². The van der Waals surface area contributed by atoms with E-state index in [2.05, 4.69) is 17.0 Å². The van der Waals surface area contributed by atoms with Crippen LogP contribution in [0, 0.1) is 0 Å². The number of amides is 1. The lowest BCUT2D eigenvalue weighted by atomic mass is 10.1. The lowest BCUT2D eigenvalue weighted by Gasteiger charge is -2.36. The molecule has 2 heterocycles. The number of aromatic nitrogens is 2. The molecule has 0 saturated carbocycles. The Labute approximate surface area is 193 Å². The Hall–Kier alpha value is -4.06. The van der Waals surface area contributed by atoms with E-state index in [9.17, 15) is 9.90 Å². The van der Waals surface area contributed by atoms with E-state index < -0.39 is 0 Å². The lowest BCUT2D eigenvalue weighted by molar-refractivity contribution is 0.0747. The van der Waals surface area contributed by atoms with E-state index in [1.54, 1.807) is 12.1 Å². The largest absolute Gasteiger partial charge is 0.508 e. The highest BCUT2D eigenvalue weighted by Crippen LogP contribution is 2.26. The molecule has 1 saturated heterocycles. The molecule has 0 radical (unpaired) electrons. The molecule has 0 atom stereocenters. The van der Waals surface area contributed by atoms with Crippen molar-refractivity contribution in [2.45, 2.75) is 6.54 Å². The van der Waals surface area contributed by atoms with Crippen molar-refractivity contribution in [2.75, 3.05) is 31.1 Å². The molecular weight excluding hydrogens is 412 g/mol. The van der Waals surface area contributed by atoms with Gasteiger partial charge in [-0.15, -0.1) is 0 Å². The van der Waals surface area contributed by atoms with Crippen LogP contribution in [0.15, 0.2) is 91.1 Å². The van der Waals surface area contributed by atoms with Crippen LogP contribution < -0.4 is 4.90 Å². The van der Waals surface area contributed by atoms with Crippen molar-refractivity contribution in [2.24, 2.45) is 0 Å². The van der Waals surface area contributed by atoms with Crippen LogP contribution in [0.25, 0.3) is 11.3 Å². The number of benzene rings is 3. The Morgan fingerprint density at radius 1 is 0.848 bits per heavy atom. The second-order valence-electron chi connectivity index (χ2n) is 8.24. The highest BCUT2D eigenvalue weighted by atomic mass is 16.3. The summed E-state index contributed by atoms with van der Waals surface area (Å²) in [5.74, 6) is 0.257. The molecule has 166 valence electrons. The third-order valence-electron chi connectivity index (χ3n) is 5.99. The number of phenols is 1. The zero-order chi connectivity index (χ0) is 22.6. The maximum Gasteiger partial charge on any atom is 0.257 e. The van der Waals surface area contributed by atoms with Crippen molar-refractivity contribution in [1.29, 1.82) is 0 Å². The zero-order valence-electron chi connectivity index (χ0n) is 18.3. The molecular formula is C27H26N4O2. The van der Waals surface area contributed by atoms with Gasteiger partial charge >= 0.3 is 0 Å². The standard InChI is InChI=1S/C27H26N4O2/c32-24-13-7-12-23(18-24)29-14-16-30(17-15-29)27(33)25-20-31(19-21-8-3-1-4-9-21)28-26(25)22-10-5-2-6-11-22/h1-13,18,20,32H,14-17,19H2. The summed E-state index contributed by atoms with van der Waals surface area (Å²) in [6.45, 7) is 3.28. The summed E-state index contributed by atoms with van der Waals surface area (Å²) in [4.78, 5) is 17.7. The Balaban J connectivity index is 1.38. The van der Waals surface area contributed by atoms with Crippen molar-refractivity contribution in [1.82, 2.24) is 14.7 Å². The number of rotatable bonds is 5. The minimum Gasteiger partial charge on any atom is -0.508 e. The SMILES string of the molecule is O=C(c1cn(Cc2ccccc2)nc1-c1ccccc1)N1CCN(c2cccc(O)c2)CC1. The maximum absolute atomic E-state index is 13.6. The minimum absolute atomic E-state index is 0.00345. The summed E-state index contributed by atoms with van der Waals surface area (Å²) in [6, 6.07) is 27.3. The smallest absolute Gasteiger partial charge is 0.257 e. The number of hydrogen-bond donors (Lipinski definition) is 1. The molecule has 1 aromatic heterocycles. The van der Waals surface area contributed by atoms with Gasteiger partial charge in [-0.25, -0.2) is 0 Å². The second kappa shape index (κ2) is 9.20. The summed E-state index contributed by atoms with van der Waals surface area (Å²) >= 11 is 0. The van der Waals surface area contributed by atoms with Gasteiger partial charge in [0.1, 0.15) is 11.4 Å². The first-order chi connectivity index (χ1) is 16.2. The monoisotopic (exact) mass is 438 g/mol. The van der Waals surface area contributed by atoms with Gasteiger partial charge in [-0.2, -0.15) is 5.10 Å². The number of aromatic hydroxyl groups is 1. The summed E-state index contributed by atoms with van der Waals surface area (Å²) < 4.78 is 1.86. The number of nitrogens with zero attached hydrogens (tertiary/aromatic N) is 4. The highest BCUT2D eigenvalue weighted by Gasteiger charge is 2.26. The van der Waals surface area contributed by atoms with Crippen LogP contribution in [0.3, 0.4) is 0 Å². The molecule has 1 amide bonds. The summed E-state index contributed by atoms with van der Waals surface area (Å²) in [7, 11) is 0. The molecule has 5 rings (SSSR count). The first kappa shape index (κ1) is 20.8. The molecule has 6 heteroatoms. The molecule has 0 aliphatic carbocycles. The second-order valence-corrected chi connectivity index (χ2v) is 8.24. The molecule has 4 aromatic rings. The Morgan fingerprint density at radius 3 is 2.24 bits per heavy atom.